The molecule has 1 unspecified atom stereocenters. The van der Waals surface area contributed by atoms with Crippen molar-refractivity contribution in [2.75, 3.05) is 13.6 Å². The van der Waals surface area contributed by atoms with E-state index in [-0.39, 0.29) is 6.04 Å². The number of rotatable bonds is 5. The largest absolute Gasteiger partial charge is 0.468 e. The van der Waals surface area contributed by atoms with Crippen LogP contribution < -0.4 is 5.73 Å². The number of likely N-dealkylation sites (N-methyl/N-ethyl adjacent to an activating group) is 1. The van der Waals surface area contributed by atoms with Crippen molar-refractivity contribution in [3.63, 3.8) is 0 Å². The summed E-state index contributed by atoms with van der Waals surface area (Å²) in [6, 6.07) is 11.8. The number of nitrogens with two attached hydrogens (primary N) is 1. The maximum atomic E-state index is 5.98. The topological polar surface area (TPSA) is 42.4 Å². The number of benzene rings is 1. The van der Waals surface area contributed by atoms with Gasteiger partial charge in [0.2, 0.25) is 0 Å². The van der Waals surface area contributed by atoms with Crippen molar-refractivity contribution in [3.8, 4) is 0 Å². The third kappa shape index (κ3) is 3.13. The molecule has 0 aliphatic rings. The normalized spacial score (nSPS) is 12.9. The van der Waals surface area contributed by atoms with Crippen molar-refractivity contribution in [1.29, 1.82) is 0 Å². The number of halogens is 1. The van der Waals surface area contributed by atoms with Crippen LogP contribution in [0.5, 0.6) is 0 Å². The van der Waals surface area contributed by atoms with E-state index in [2.05, 4.69) is 11.0 Å². The number of hydrogen-bond acceptors (Lipinski definition) is 3. The lowest BCUT2D eigenvalue weighted by molar-refractivity contribution is 0.213. The van der Waals surface area contributed by atoms with Crippen LogP contribution in [0.15, 0.2) is 47.1 Å². The monoisotopic (exact) mass is 264 g/mol. The lowest BCUT2D eigenvalue weighted by Crippen LogP contribution is -2.29. The molecule has 0 amide bonds. The smallest absolute Gasteiger partial charge is 0.122 e. The Morgan fingerprint density at radius 1 is 1.33 bits per heavy atom. The predicted molar refractivity (Wildman–Crippen MR) is 73.4 cm³/mol. The van der Waals surface area contributed by atoms with Crippen molar-refractivity contribution in [3.05, 3.63) is 59.0 Å². The van der Waals surface area contributed by atoms with Gasteiger partial charge >= 0.3 is 0 Å². The molecule has 0 fully saturated rings. The Balaban J connectivity index is 2.08. The Kier molecular flexibility index (Phi) is 4.42. The third-order valence-electron chi connectivity index (χ3n) is 2.95. The zero-order chi connectivity index (χ0) is 13.0. The van der Waals surface area contributed by atoms with Crippen LogP contribution in [0, 0.1) is 0 Å². The highest BCUT2D eigenvalue weighted by Gasteiger charge is 2.18. The Hall–Kier alpha value is -1.29. The molecule has 2 rings (SSSR count). The lowest BCUT2D eigenvalue weighted by Gasteiger charge is -2.25. The summed E-state index contributed by atoms with van der Waals surface area (Å²) in [5, 5.41) is 0.753. The summed E-state index contributed by atoms with van der Waals surface area (Å²) in [5.41, 5.74) is 6.98. The van der Waals surface area contributed by atoms with Gasteiger partial charge in [-0.2, -0.15) is 0 Å². The van der Waals surface area contributed by atoms with E-state index in [0.717, 1.165) is 22.9 Å². The van der Waals surface area contributed by atoms with Crippen LogP contribution in [0.2, 0.25) is 5.02 Å². The van der Waals surface area contributed by atoms with Crippen molar-refractivity contribution < 1.29 is 4.42 Å². The van der Waals surface area contributed by atoms with E-state index in [1.807, 2.05) is 37.4 Å². The highest BCUT2D eigenvalue weighted by molar-refractivity contribution is 6.30. The second-order valence-electron chi connectivity index (χ2n) is 4.31. The van der Waals surface area contributed by atoms with Crippen LogP contribution in [0.4, 0.5) is 0 Å². The Morgan fingerprint density at radius 3 is 2.78 bits per heavy atom. The van der Waals surface area contributed by atoms with Gasteiger partial charge in [0, 0.05) is 18.1 Å². The SMILES string of the molecule is CN(Cc1cccc(Cl)c1)C(CN)c1ccco1. The molecule has 0 radical (unpaired) electrons. The van der Waals surface area contributed by atoms with Gasteiger partial charge in [0.05, 0.1) is 12.3 Å². The number of nitrogens with zero attached hydrogens (tertiary/aromatic N) is 1. The minimum atomic E-state index is 0.0824. The first-order chi connectivity index (χ1) is 8.70. The highest BCUT2D eigenvalue weighted by atomic mass is 35.5. The molecule has 0 spiro atoms. The van der Waals surface area contributed by atoms with E-state index < -0.39 is 0 Å². The molecule has 0 bridgehead atoms. The van der Waals surface area contributed by atoms with Gasteiger partial charge in [0.15, 0.2) is 0 Å². The van der Waals surface area contributed by atoms with Crippen LogP contribution in [-0.4, -0.2) is 18.5 Å². The van der Waals surface area contributed by atoms with Gasteiger partial charge in [0.25, 0.3) is 0 Å². The molecule has 1 aromatic heterocycles. The summed E-state index contributed by atoms with van der Waals surface area (Å²) in [6.45, 7) is 1.30. The Morgan fingerprint density at radius 2 is 2.17 bits per heavy atom. The van der Waals surface area contributed by atoms with Gasteiger partial charge < -0.3 is 10.2 Å². The van der Waals surface area contributed by atoms with Crippen molar-refractivity contribution in [2.45, 2.75) is 12.6 Å². The molecular weight excluding hydrogens is 248 g/mol. The first-order valence-electron chi connectivity index (χ1n) is 5.89. The Labute approximate surface area is 112 Å². The van der Waals surface area contributed by atoms with Gasteiger partial charge in [-0.15, -0.1) is 0 Å². The van der Waals surface area contributed by atoms with E-state index in [4.69, 9.17) is 21.8 Å². The predicted octanol–water partition coefficient (Wildman–Crippen LogP) is 3.06. The van der Waals surface area contributed by atoms with Crippen LogP contribution in [0.25, 0.3) is 0 Å². The molecule has 3 nitrogen and oxygen atoms in total. The van der Waals surface area contributed by atoms with E-state index in [1.165, 1.54) is 0 Å². The minimum absolute atomic E-state index is 0.0824. The van der Waals surface area contributed by atoms with Gasteiger partial charge in [-0.1, -0.05) is 23.7 Å². The fourth-order valence-corrected chi connectivity index (χ4v) is 2.24. The second-order valence-corrected chi connectivity index (χ2v) is 4.75. The van der Waals surface area contributed by atoms with Gasteiger partial charge in [-0.25, -0.2) is 0 Å². The second kappa shape index (κ2) is 6.05. The molecule has 18 heavy (non-hydrogen) atoms. The minimum Gasteiger partial charge on any atom is -0.468 e. The zero-order valence-corrected chi connectivity index (χ0v) is 11.1. The quantitative estimate of drug-likeness (QED) is 0.903. The van der Waals surface area contributed by atoms with Crippen molar-refractivity contribution in [1.82, 2.24) is 4.90 Å². The lowest BCUT2D eigenvalue weighted by atomic mass is 10.1. The summed E-state index contributed by atoms with van der Waals surface area (Å²) in [6.07, 6.45) is 1.67. The van der Waals surface area contributed by atoms with Crippen LogP contribution >= 0.6 is 11.6 Å². The molecule has 96 valence electrons. The number of furan rings is 1. The third-order valence-corrected chi connectivity index (χ3v) is 3.18. The van der Waals surface area contributed by atoms with Gasteiger partial charge in [0.1, 0.15) is 5.76 Å². The van der Waals surface area contributed by atoms with E-state index in [0.29, 0.717) is 6.54 Å². The molecule has 4 heteroatoms. The highest BCUT2D eigenvalue weighted by Crippen LogP contribution is 2.21. The molecule has 1 aromatic carbocycles. The number of hydrogen-bond donors (Lipinski definition) is 1. The molecule has 2 aromatic rings. The summed E-state index contributed by atoms with van der Waals surface area (Å²) in [5.74, 6) is 0.891. The maximum absolute atomic E-state index is 5.98. The average molecular weight is 265 g/mol. The van der Waals surface area contributed by atoms with Gasteiger partial charge in [-0.05, 0) is 36.9 Å². The molecular formula is C14H17ClN2O. The Bertz CT molecular complexity index is 484. The van der Waals surface area contributed by atoms with E-state index in [1.54, 1.807) is 6.26 Å². The van der Waals surface area contributed by atoms with E-state index >= 15 is 0 Å². The molecule has 0 saturated carbocycles. The molecule has 1 atom stereocenters. The first-order valence-corrected chi connectivity index (χ1v) is 6.26. The summed E-state index contributed by atoms with van der Waals surface area (Å²) < 4.78 is 5.42. The molecule has 1 heterocycles. The summed E-state index contributed by atoms with van der Waals surface area (Å²) in [4.78, 5) is 2.16. The summed E-state index contributed by atoms with van der Waals surface area (Å²) >= 11 is 5.98. The van der Waals surface area contributed by atoms with Crippen LogP contribution in [-0.2, 0) is 6.54 Å². The van der Waals surface area contributed by atoms with Crippen LogP contribution in [0.3, 0.4) is 0 Å². The standard InChI is InChI=1S/C14H17ClN2O/c1-17(10-11-4-2-5-12(15)8-11)13(9-16)14-6-3-7-18-14/h2-8,13H,9-10,16H2,1H3. The fraction of sp³-hybridized carbons (Fsp3) is 0.286. The van der Waals surface area contributed by atoms with Gasteiger partial charge in [-0.3, -0.25) is 4.90 Å². The average Bonchev–Trinajstić information content (AvgIpc) is 2.83. The molecule has 0 aliphatic heterocycles. The van der Waals surface area contributed by atoms with Crippen LogP contribution in [0.1, 0.15) is 17.4 Å². The summed E-state index contributed by atoms with van der Waals surface area (Å²) in [7, 11) is 2.03. The molecule has 2 N–H and O–H groups in total. The molecule has 0 aliphatic carbocycles. The molecule has 0 saturated heterocycles. The fourth-order valence-electron chi connectivity index (χ4n) is 2.03. The first kappa shape index (κ1) is 13.1. The van der Waals surface area contributed by atoms with Crippen molar-refractivity contribution >= 4 is 11.6 Å². The van der Waals surface area contributed by atoms with Crippen molar-refractivity contribution in [2.24, 2.45) is 5.73 Å². The zero-order valence-electron chi connectivity index (χ0n) is 10.3. The maximum Gasteiger partial charge on any atom is 0.122 e. The van der Waals surface area contributed by atoms with E-state index in [9.17, 15) is 0 Å².